The van der Waals surface area contributed by atoms with Gasteiger partial charge >= 0.3 is 0 Å². The fourth-order valence-corrected chi connectivity index (χ4v) is 5.78. The highest BCUT2D eigenvalue weighted by molar-refractivity contribution is 8.00. The number of thioether (sulfide) groups is 1. The van der Waals surface area contributed by atoms with E-state index in [9.17, 15) is 4.79 Å². The number of carbonyl (C=O) groups excluding carboxylic acids is 1. The zero-order chi connectivity index (χ0) is 23.0. The molecule has 168 valence electrons. The van der Waals surface area contributed by atoms with Crippen LogP contribution >= 0.6 is 23.1 Å². The average Bonchev–Trinajstić information content (AvgIpc) is 3.32. The van der Waals surface area contributed by atoms with Gasteiger partial charge in [-0.2, -0.15) is 0 Å². The van der Waals surface area contributed by atoms with Crippen molar-refractivity contribution in [3.63, 3.8) is 0 Å². The van der Waals surface area contributed by atoms with Gasteiger partial charge < -0.3 is 0 Å². The molecule has 7 nitrogen and oxygen atoms in total. The molecule has 3 heterocycles. The van der Waals surface area contributed by atoms with Crippen molar-refractivity contribution in [2.75, 3.05) is 5.32 Å². The van der Waals surface area contributed by atoms with Crippen molar-refractivity contribution in [3.8, 4) is 0 Å². The minimum Gasteiger partial charge on any atom is -0.300 e. The number of hydrogen-bond acceptors (Lipinski definition) is 7. The third-order valence-electron chi connectivity index (χ3n) is 5.29. The van der Waals surface area contributed by atoms with Crippen molar-refractivity contribution in [3.05, 3.63) is 39.9 Å². The number of anilines is 1. The summed E-state index contributed by atoms with van der Waals surface area (Å²) in [5.41, 5.74) is 5.44. The summed E-state index contributed by atoms with van der Waals surface area (Å²) >= 11 is 2.88. The maximum Gasteiger partial charge on any atom is 0.239 e. The SMILES string of the molecule is CCC(Sc1nnc2cc(C)c3cc(C)cc(C)c3n12)C(=O)Nc1nnc(CC(C)C)s1. The summed E-state index contributed by atoms with van der Waals surface area (Å²) in [7, 11) is 0. The van der Waals surface area contributed by atoms with Gasteiger partial charge in [0, 0.05) is 11.8 Å². The molecule has 4 rings (SSSR count). The highest BCUT2D eigenvalue weighted by Gasteiger charge is 2.23. The number of amides is 1. The molecule has 9 heteroatoms. The molecule has 0 fully saturated rings. The lowest BCUT2D eigenvalue weighted by atomic mass is 10.0. The molecular formula is C23H28N6OS2. The maximum atomic E-state index is 13.0. The summed E-state index contributed by atoms with van der Waals surface area (Å²) in [6.45, 7) is 12.6. The van der Waals surface area contributed by atoms with Gasteiger partial charge in [0.25, 0.3) is 0 Å². The van der Waals surface area contributed by atoms with Gasteiger partial charge in [0.1, 0.15) is 5.01 Å². The van der Waals surface area contributed by atoms with Gasteiger partial charge in [-0.1, -0.05) is 55.5 Å². The van der Waals surface area contributed by atoms with Gasteiger partial charge in [-0.15, -0.1) is 20.4 Å². The van der Waals surface area contributed by atoms with E-state index in [4.69, 9.17) is 0 Å². The first kappa shape index (κ1) is 22.7. The first-order chi connectivity index (χ1) is 15.3. The smallest absolute Gasteiger partial charge is 0.239 e. The molecule has 0 bridgehead atoms. The molecule has 0 radical (unpaired) electrons. The Morgan fingerprint density at radius 1 is 1.09 bits per heavy atom. The van der Waals surface area contributed by atoms with Gasteiger partial charge in [0.15, 0.2) is 10.8 Å². The van der Waals surface area contributed by atoms with Crippen LogP contribution in [-0.2, 0) is 11.2 Å². The summed E-state index contributed by atoms with van der Waals surface area (Å²) in [4.78, 5) is 13.0. The number of nitrogens with zero attached hydrogens (tertiary/aromatic N) is 5. The number of nitrogens with one attached hydrogen (secondary N) is 1. The van der Waals surface area contributed by atoms with Crippen LogP contribution in [0, 0.1) is 26.7 Å². The summed E-state index contributed by atoms with van der Waals surface area (Å²) in [6.07, 6.45) is 1.52. The van der Waals surface area contributed by atoms with Crippen molar-refractivity contribution in [2.45, 2.75) is 64.8 Å². The number of aryl methyl sites for hydroxylation is 3. The largest absolute Gasteiger partial charge is 0.300 e. The van der Waals surface area contributed by atoms with E-state index < -0.39 is 0 Å². The van der Waals surface area contributed by atoms with E-state index in [0.717, 1.165) is 27.7 Å². The first-order valence-corrected chi connectivity index (χ1v) is 12.5. The van der Waals surface area contributed by atoms with Crippen molar-refractivity contribution in [1.29, 1.82) is 0 Å². The van der Waals surface area contributed by atoms with Crippen LogP contribution < -0.4 is 5.32 Å². The molecule has 1 amide bonds. The minimum absolute atomic E-state index is 0.0921. The molecule has 1 aromatic carbocycles. The van der Waals surface area contributed by atoms with E-state index in [2.05, 4.69) is 82.9 Å². The molecule has 0 saturated heterocycles. The average molecular weight is 469 g/mol. The van der Waals surface area contributed by atoms with E-state index in [1.807, 2.05) is 6.92 Å². The van der Waals surface area contributed by atoms with Crippen LogP contribution in [0.2, 0.25) is 0 Å². The number of aromatic nitrogens is 5. The van der Waals surface area contributed by atoms with Crippen molar-refractivity contribution < 1.29 is 4.79 Å². The lowest BCUT2D eigenvalue weighted by molar-refractivity contribution is -0.115. The Morgan fingerprint density at radius 2 is 1.88 bits per heavy atom. The normalized spacial score (nSPS) is 12.7. The van der Waals surface area contributed by atoms with Crippen LogP contribution in [0.15, 0.2) is 23.4 Å². The Bertz CT molecular complexity index is 1290. The van der Waals surface area contributed by atoms with Crippen molar-refractivity contribution >= 4 is 50.7 Å². The molecule has 0 aliphatic heterocycles. The number of pyridine rings is 1. The van der Waals surface area contributed by atoms with E-state index in [-0.39, 0.29) is 11.2 Å². The fourth-order valence-electron chi connectivity index (χ4n) is 3.86. The molecule has 32 heavy (non-hydrogen) atoms. The summed E-state index contributed by atoms with van der Waals surface area (Å²) in [5, 5.41) is 23.2. The zero-order valence-electron chi connectivity index (χ0n) is 19.3. The van der Waals surface area contributed by atoms with Crippen molar-refractivity contribution in [1.82, 2.24) is 24.8 Å². The standard InChI is InChI=1S/C23H28N6OS2/c1-7-17(21(30)24-22-27-26-19(32-22)8-12(2)3)31-23-28-25-18-11-14(5)16-10-13(4)9-15(6)20(16)29(18)23/h9-12,17H,7-8H2,1-6H3,(H,24,27,30). The van der Waals surface area contributed by atoms with Gasteiger partial charge in [-0.25, -0.2) is 0 Å². The van der Waals surface area contributed by atoms with Crippen LogP contribution in [-0.4, -0.2) is 36.0 Å². The molecule has 0 aliphatic carbocycles. The topological polar surface area (TPSA) is 85.1 Å². The second kappa shape index (κ2) is 9.15. The van der Waals surface area contributed by atoms with Crippen LogP contribution in [0.25, 0.3) is 16.6 Å². The molecular weight excluding hydrogens is 440 g/mol. The summed E-state index contributed by atoms with van der Waals surface area (Å²) in [5.74, 6) is 0.405. The Kier molecular flexibility index (Phi) is 6.48. The molecule has 4 aromatic rings. The molecule has 3 aromatic heterocycles. The molecule has 0 spiro atoms. The van der Waals surface area contributed by atoms with Gasteiger partial charge in [-0.05, 0) is 56.4 Å². The predicted octanol–water partition coefficient (Wildman–Crippen LogP) is 5.37. The number of rotatable bonds is 7. The van der Waals surface area contributed by atoms with Crippen molar-refractivity contribution in [2.24, 2.45) is 5.92 Å². The van der Waals surface area contributed by atoms with Crippen LogP contribution in [0.1, 0.15) is 48.9 Å². The van der Waals surface area contributed by atoms with E-state index in [0.29, 0.717) is 17.5 Å². The molecule has 1 unspecified atom stereocenters. The summed E-state index contributed by atoms with van der Waals surface area (Å²) in [6, 6.07) is 6.42. The fraction of sp³-hybridized carbons (Fsp3) is 0.435. The van der Waals surface area contributed by atoms with E-state index in [1.165, 1.54) is 45.2 Å². The maximum absolute atomic E-state index is 13.0. The zero-order valence-corrected chi connectivity index (χ0v) is 20.9. The van der Waals surface area contributed by atoms with Gasteiger partial charge in [-0.3, -0.25) is 14.5 Å². The second-order valence-corrected chi connectivity index (χ2v) is 10.8. The van der Waals surface area contributed by atoms with Gasteiger partial charge in [0.2, 0.25) is 11.0 Å². The number of hydrogen-bond donors (Lipinski definition) is 1. The predicted molar refractivity (Wildman–Crippen MR) is 132 cm³/mol. The van der Waals surface area contributed by atoms with Crippen LogP contribution in [0.5, 0.6) is 0 Å². The Morgan fingerprint density at radius 3 is 2.59 bits per heavy atom. The molecule has 1 atom stereocenters. The quantitative estimate of drug-likeness (QED) is 0.367. The Balaban J connectivity index is 1.63. The van der Waals surface area contributed by atoms with E-state index >= 15 is 0 Å². The number of benzene rings is 1. The number of fused-ring (bicyclic) bond motifs is 3. The third kappa shape index (κ3) is 4.49. The van der Waals surface area contributed by atoms with E-state index in [1.54, 1.807) is 0 Å². The molecule has 0 saturated carbocycles. The summed E-state index contributed by atoms with van der Waals surface area (Å²) < 4.78 is 2.07. The molecule has 0 aliphatic rings. The molecule has 1 N–H and O–H groups in total. The van der Waals surface area contributed by atoms with Gasteiger partial charge in [0.05, 0.1) is 10.8 Å². The van der Waals surface area contributed by atoms with Crippen LogP contribution in [0.3, 0.4) is 0 Å². The lowest BCUT2D eigenvalue weighted by Crippen LogP contribution is -2.24. The highest BCUT2D eigenvalue weighted by Crippen LogP contribution is 2.32. The minimum atomic E-state index is -0.318. The Hall–Kier alpha value is -2.52. The first-order valence-electron chi connectivity index (χ1n) is 10.8. The lowest BCUT2D eigenvalue weighted by Gasteiger charge is -2.14. The monoisotopic (exact) mass is 468 g/mol. The third-order valence-corrected chi connectivity index (χ3v) is 7.46. The second-order valence-electron chi connectivity index (χ2n) is 8.58. The van der Waals surface area contributed by atoms with Crippen LogP contribution in [0.4, 0.5) is 5.13 Å². The Labute approximate surface area is 196 Å². The number of carbonyl (C=O) groups is 1. The highest BCUT2D eigenvalue weighted by atomic mass is 32.2.